The SMILES string of the molecule is CC(C)N(C(=O)CSc1nc2ncccn2n1)c1ccccc1. The van der Waals surface area contributed by atoms with Crippen LogP contribution in [0.4, 0.5) is 5.69 Å². The van der Waals surface area contributed by atoms with Crippen molar-refractivity contribution in [3.8, 4) is 0 Å². The fraction of sp³-hybridized carbons (Fsp3) is 0.250. The molecule has 23 heavy (non-hydrogen) atoms. The first-order chi connectivity index (χ1) is 11.1. The third kappa shape index (κ3) is 3.50. The Balaban J connectivity index is 1.72. The van der Waals surface area contributed by atoms with E-state index in [2.05, 4.69) is 15.1 Å². The molecule has 0 atom stereocenters. The van der Waals surface area contributed by atoms with Crippen LogP contribution in [0.15, 0.2) is 53.9 Å². The predicted octanol–water partition coefficient (Wildman–Crippen LogP) is 2.66. The first kappa shape index (κ1) is 15.5. The molecule has 0 N–H and O–H groups in total. The average molecular weight is 327 g/mol. The summed E-state index contributed by atoms with van der Waals surface area (Å²) < 4.78 is 1.60. The van der Waals surface area contributed by atoms with Gasteiger partial charge in [0, 0.05) is 24.1 Å². The molecule has 7 heteroatoms. The molecule has 2 aromatic heterocycles. The number of hydrogen-bond donors (Lipinski definition) is 0. The van der Waals surface area contributed by atoms with Crippen molar-refractivity contribution in [2.45, 2.75) is 25.0 Å². The van der Waals surface area contributed by atoms with E-state index in [4.69, 9.17) is 0 Å². The number of rotatable bonds is 5. The summed E-state index contributed by atoms with van der Waals surface area (Å²) in [5.41, 5.74) is 0.901. The van der Waals surface area contributed by atoms with Crippen LogP contribution in [0, 0.1) is 0 Å². The van der Waals surface area contributed by atoms with Crippen molar-refractivity contribution in [3.05, 3.63) is 48.8 Å². The van der Waals surface area contributed by atoms with E-state index in [0.29, 0.717) is 10.9 Å². The second-order valence-corrected chi connectivity index (χ2v) is 6.18. The van der Waals surface area contributed by atoms with Crippen molar-refractivity contribution < 1.29 is 4.79 Å². The Hall–Kier alpha value is -2.41. The minimum absolute atomic E-state index is 0.0306. The normalized spacial score (nSPS) is 11.1. The van der Waals surface area contributed by atoms with Crippen molar-refractivity contribution in [1.82, 2.24) is 19.6 Å². The summed E-state index contributed by atoms with van der Waals surface area (Å²) in [6.07, 6.45) is 3.45. The molecule has 0 spiro atoms. The van der Waals surface area contributed by atoms with Gasteiger partial charge in [0.25, 0.3) is 5.78 Å². The van der Waals surface area contributed by atoms with Crippen LogP contribution in [0.2, 0.25) is 0 Å². The zero-order valence-corrected chi connectivity index (χ0v) is 13.8. The summed E-state index contributed by atoms with van der Waals surface area (Å²) in [6.45, 7) is 4.01. The highest BCUT2D eigenvalue weighted by Gasteiger charge is 2.19. The fourth-order valence-corrected chi connectivity index (χ4v) is 2.97. The molecule has 118 valence electrons. The smallest absolute Gasteiger partial charge is 0.253 e. The van der Waals surface area contributed by atoms with Crippen molar-refractivity contribution in [2.75, 3.05) is 10.7 Å². The molecule has 3 rings (SSSR count). The van der Waals surface area contributed by atoms with Crippen LogP contribution in [0.3, 0.4) is 0 Å². The van der Waals surface area contributed by atoms with Gasteiger partial charge in [0.1, 0.15) is 0 Å². The average Bonchev–Trinajstić information content (AvgIpc) is 2.96. The number of fused-ring (bicyclic) bond motifs is 1. The van der Waals surface area contributed by atoms with Gasteiger partial charge in [-0.2, -0.15) is 4.98 Å². The molecule has 0 bridgehead atoms. The molecular formula is C16H17N5OS. The molecule has 0 aliphatic carbocycles. The van der Waals surface area contributed by atoms with E-state index >= 15 is 0 Å². The van der Waals surface area contributed by atoms with Crippen LogP contribution in [0.1, 0.15) is 13.8 Å². The van der Waals surface area contributed by atoms with E-state index in [0.717, 1.165) is 5.69 Å². The number of thioether (sulfide) groups is 1. The quantitative estimate of drug-likeness (QED) is 0.674. The summed E-state index contributed by atoms with van der Waals surface area (Å²) in [4.78, 5) is 22.8. The lowest BCUT2D eigenvalue weighted by Crippen LogP contribution is -2.38. The lowest BCUT2D eigenvalue weighted by Gasteiger charge is -2.26. The molecule has 1 aromatic carbocycles. The summed E-state index contributed by atoms with van der Waals surface area (Å²) >= 11 is 1.32. The number of para-hydroxylation sites is 1. The van der Waals surface area contributed by atoms with Crippen LogP contribution in [0.25, 0.3) is 5.78 Å². The Bertz CT molecular complexity index is 769. The van der Waals surface area contributed by atoms with Crippen LogP contribution in [-0.4, -0.2) is 37.3 Å². The van der Waals surface area contributed by atoms with Gasteiger partial charge in [-0.1, -0.05) is 30.0 Å². The molecule has 0 unspecified atom stereocenters. The Morgan fingerprint density at radius 3 is 2.74 bits per heavy atom. The third-order valence-electron chi connectivity index (χ3n) is 3.24. The van der Waals surface area contributed by atoms with E-state index in [1.54, 1.807) is 27.9 Å². The van der Waals surface area contributed by atoms with Crippen molar-refractivity contribution in [2.24, 2.45) is 0 Å². The maximum atomic E-state index is 12.6. The molecule has 0 fully saturated rings. The number of carbonyl (C=O) groups is 1. The van der Waals surface area contributed by atoms with Gasteiger partial charge in [-0.05, 0) is 32.0 Å². The van der Waals surface area contributed by atoms with E-state index < -0.39 is 0 Å². The molecular weight excluding hydrogens is 310 g/mol. The molecule has 1 amide bonds. The predicted molar refractivity (Wildman–Crippen MR) is 90.6 cm³/mol. The number of amides is 1. The molecule has 6 nitrogen and oxygen atoms in total. The van der Waals surface area contributed by atoms with E-state index in [1.165, 1.54) is 11.8 Å². The van der Waals surface area contributed by atoms with Crippen molar-refractivity contribution >= 4 is 29.1 Å². The first-order valence-electron chi connectivity index (χ1n) is 7.32. The summed E-state index contributed by atoms with van der Waals surface area (Å²) in [5, 5.41) is 4.85. The molecule has 3 aromatic rings. The maximum absolute atomic E-state index is 12.6. The van der Waals surface area contributed by atoms with Gasteiger partial charge >= 0.3 is 0 Å². The standard InChI is InChI=1S/C16H17N5OS/c1-12(2)21(13-7-4-3-5-8-13)14(22)11-23-16-18-15-17-9-6-10-20(15)19-16/h3-10,12H,11H2,1-2H3. The zero-order chi connectivity index (χ0) is 16.2. The Morgan fingerprint density at radius 2 is 2.04 bits per heavy atom. The number of nitrogens with zero attached hydrogens (tertiary/aromatic N) is 5. The highest BCUT2D eigenvalue weighted by molar-refractivity contribution is 7.99. The van der Waals surface area contributed by atoms with Gasteiger partial charge < -0.3 is 4.90 Å². The third-order valence-corrected chi connectivity index (χ3v) is 4.06. The topological polar surface area (TPSA) is 63.4 Å². The van der Waals surface area contributed by atoms with Crippen LogP contribution in [-0.2, 0) is 4.79 Å². The van der Waals surface area contributed by atoms with Crippen LogP contribution >= 0.6 is 11.8 Å². The molecule has 0 radical (unpaired) electrons. The molecule has 2 heterocycles. The number of aromatic nitrogens is 4. The van der Waals surface area contributed by atoms with Gasteiger partial charge in [-0.25, -0.2) is 9.50 Å². The van der Waals surface area contributed by atoms with Gasteiger partial charge in [0.2, 0.25) is 11.1 Å². The van der Waals surface area contributed by atoms with Gasteiger partial charge in [0.05, 0.1) is 5.75 Å². The van der Waals surface area contributed by atoms with E-state index in [1.807, 2.05) is 44.2 Å². The van der Waals surface area contributed by atoms with Gasteiger partial charge in [-0.3, -0.25) is 4.79 Å². The van der Waals surface area contributed by atoms with Gasteiger partial charge in [0.15, 0.2) is 0 Å². The highest BCUT2D eigenvalue weighted by Crippen LogP contribution is 2.20. The van der Waals surface area contributed by atoms with E-state index in [-0.39, 0.29) is 17.7 Å². The summed E-state index contributed by atoms with van der Waals surface area (Å²) in [5.74, 6) is 0.846. The number of hydrogen-bond acceptors (Lipinski definition) is 5. The number of carbonyl (C=O) groups excluding carboxylic acids is 1. The maximum Gasteiger partial charge on any atom is 0.253 e. The first-order valence-corrected chi connectivity index (χ1v) is 8.31. The van der Waals surface area contributed by atoms with Gasteiger partial charge in [-0.15, -0.1) is 5.10 Å². The molecule has 0 aliphatic rings. The number of anilines is 1. The largest absolute Gasteiger partial charge is 0.309 e. The summed E-state index contributed by atoms with van der Waals surface area (Å²) in [6, 6.07) is 11.6. The summed E-state index contributed by atoms with van der Waals surface area (Å²) in [7, 11) is 0. The second kappa shape index (κ2) is 6.78. The Morgan fingerprint density at radius 1 is 1.26 bits per heavy atom. The Labute approximate surface area is 138 Å². The lowest BCUT2D eigenvalue weighted by atomic mass is 10.2. The number of benzene rings is 1. The van der Waals surface area contributed by atoms with Crippen LogP contribution in [0.5, 0.6) is 0 Å². The molecule has 0 aliphatic heterocycles. The highest BCUT2D eigenvalue weighted by atomic mass is 32.2. The van der Waals surface area contributed by atoms with E-state index in [9.17, 15) is 4.79 Å². The fourth-order valence-electron chi connectivity index (χ4n) is 2.29. The molecule has 0 saturated carbocycles. The molecule has 0 saturated heterocycles. The van der Waals surface area contributed by atoms with Crippen molar-refractivity contribution in [1.29, 1.82) is 0 Å². The minimum Gasteiger partial charge on any atom is -0.309 e. The zero-order valence-electron chi connectivity index (χ0n) is 13.0. The van der Waals surface area contributed by atoms with Crippen molar-refractivity contribution in [3.63, 3.8) is 0 Å². The Kier molecular flexibility index (Phi) is 4.57. The minimum atomic E-state index is 0.0306. The lowest BCUT2D eigenvalue weighted by molar-refractivity contribution is -0.116. The second-order valence-electron chi connectivity index (χ2n) is 5.24. The van der Waals surface area contributed by atoms with Crippen LogP contribution < -0.4 is 4.90 Å². The monoisotopic (exact) mass is 327 g/mol.